The third-order valence-corrected chi connectivity index (χ3v) is 5.78. The number of nitrogens with one attached hydrogen (secondary N) is 1. The quantitative estimate of drug-likeness (QED) is 0.492. The van der Waals surface area contributed by atoms with Crippen LogP contribution in [-0.2, 0) is 17.8 Å². The third kappa shape index (κ3) is 4.09. The zero-order valence-electron chi connectivity index (χ0n) is 15.7. The Morgan fingerprint density at radius 2 is 2.00 bits per heavy atom. The van der Waals surface area contributed by atoms with E-state index in [1.54, 1.807) is 24.3 Å². The highest BCUT2D eigenvalue weighted by molar-refractivity contribution is 7.17. The van der Waals surface area contributed by atoms with Crippen molar-refractivity contribution in [2.45, 2.75) is 19.9 Å². The maximum atomic E-state index is 13.1. The van der Waals surface area contributed by atoms with E-state index in [-0.39, 0.29) is 18.0 Å². The lowest BCUT2D eigenvalue weighted by Crippen LogP contribution is -2.27. The van der Waals surface area contributed by atoms with Gasteiger partial charge in [-0.05, 0) is 35.7 Å². The molecule has 1 amide bonds. The van der Waals surface area contributed by atoms with E-state index in [9.17, 15) is 9.59 Å². The van der Waals surface area contributed by atoms with Gasteiger partial charge < -0.3 is 5.32 Å². The predicted octanol–water partition coefficient (Wildman–Crippen LogP) is 4.98. The highest BCUT2D eigenvalue weighted by Gasteiger charge is 2.15. The third-order valence-electron chi connectivity index (χ3n) is 4.66. The molecule has 0 unspecified atom stereocenters. The Hall–Kier alpha value is -2.96. The molecular weight excluding hydrogens is 406 g/mol. The predicted molar refractivity (Wildman–Crippen MR) is 119 cm³/mol. The molecule has 0 atom stereocenters. The van der Waals surface area contributed by atoms with Gasteiger partial charge in [0.2, 0.25) is 5.91 Å². The summed E-state index contributed by atoms with van der Waals surface area (Å²) < 4.78 is 1.33. The molecule has 5 nitrogen and oxygen atoms in total. The minimum absolute atomic E-state index is 0.127. The van der Waals surface area contributed by atoms with Crippen molar-refractivity contribution >= 4 is 44.7 Å². The molecule has 4 rings (SSSR count). The second-order valence-electron chi connectivity index (χ2n) is 6.62. The van der Waals surface area contributed by atoms with Gasteiger partial charge >= 0.3 is 0 Å². The van der Waals surface area contributed by atoms with Crippen molar-refractivity contribution in [2.75, 3.05) is 5.32 Å². The summed E-state index contributed by atoms with van der Waals surface area (Å²) >= 11 is 7.37. The zero-order valence-corrected chi connectivity index (χ0v) is 17.3. The Morgan fingerprint density at radius 3 is 2.72 bits per heavy atom. The highest BCUT2D eigenvalue weighted by atomic mass is 35.5. The summed E-state index contributed by atoms with van der Waals surface area (Å²) in [6, 6.07) is 15.0. The van der Waals surface area contributed by atoms with Gasteiger partial charge in [-0.15, -0.1) is 11.3 Å². The van der Waals surface area contributed by atoms with E-state index >= 15 is 0 Å². The Morgan fingerprint density at radius 1 is 1.21 bits per heavy atom. The number of carbonyl (C=O) groups is 1. The van der Waals surface area contributed by atoms with Crippen LogP contribution in [0.5, 0.6) is 0 Å². The minimum Gasteiger partial charge on any atom is -0.324 e. The molecule has 0 aliphatic heterocycles. The van der Waals surface area contributed by atoms with E-state index in [2.05, 4.69) is 29.4 Å². The standard InChI is InChI=1S/C22H18ClN3O2S/c1-2-14-6-8-15(9-7-14)18-12-29-21-20(18)22(28)26(13-24-21)11-19(27)25-17-5-3-4-16(23)10-17/h3-10,12-13H,2,11H2,1H3,(H,25,27). The Balaban J connectivity index is 1.64. The molecule has 0 saturated carbocycles. The van der Waals surface area contributed by atoms with Crippen LogP contribution < -0.4 is 10.9 Å². The van der Waals surface area contributed by atoms with Crippen molar-refractivity contribution in [3.05, 3.63) is 81.2 Å². The van der Waals surface area contributed by atoms with E-state index < -0.39 is 0 Å². The average Bonchev–Trinajstić information content (AvgIpc) is 3.15. The normalized spacial score (nSPS) is 11.0. The summed E-state index contributed by atoms with van der Waals surface area (Å²) in [4.78, 5) is 30.5. The summed E-state index contributed by atoms with van der Waals surface area (Å²) in [6.07, 6.45) is 2.38. The Bertz CT molecular complexity index is 1250. The first kappa shape index (κ1) is 19.4. The van der Waals surface area contributed by atoms with Gasteiger partial charge in [-0.2, -0.15) is 0 Å². The van der Waals surface area contributed by atoms with Crippen LogP contribution in [0.1, 0.15) is 12.5 Å². The first-order valence-electron chi connectivity index (χ1n) is 9.16. The van der Waals surface area contributed by atoms with Crippen molar-refractivity contribution in [1.82, 2.24) is 9.55 Å². The lowest BCUT2D eigenvalue weighted by molar-refractivity contribution is -0.116. The molecule has 0 aliphatic rings. The average molecular weight is 424 g/mol. The van der Waals surface area contributed by atoms with Crippen molar-refractivity contribution < 1.29 is 4.79 Å². The monoisotopic (exact) mass is 423 g/mol. The number of halogens is 1. The van der Waals surface area contributed by atoms with Gasteiger partial charge in [0.15, 0.2) is 0 Å². The maximum absolute atomic E-state index is 13.1. The van der Waals surface area contributed by atoms with Crippen molar-refractivity contribution in [3.63, 3.8) is 0 Å². The van der Waals surface area contributed by atoms with Crippen LogP contribution in [0.3, 0.4) is 0 Å². The van der Waals surface area contributed by atoms with Crippen LogP contribution in [0, 0.1) is 0 Å². The molecule has 4 aromatic rings. The summed E-state index contributed by atoms with van der Waals surface area (Å²) in [5.74, 6) is -0.320. The number of rotatable bonds is 5. The van der Waals surface area contributed by atoms with Crippen molar-refractivity contribution in [3.8, 4) is 11.1 Å². The molecule has 0 aliphatic carbocycles. The number of aromatic nitrogens is 2. The molecule has 0 spiro atoms. The molecule has 2 aromatic heterocycles. The van der Waals surface area contributed by atoms with E-state index in [1.807, 2.05) is 17.5 Å². The maximum Gasteiger partial charge on any atom is 0.263 e. The van der Waals surface area contributed by atoms with Gasteiger partial charge in [0.25, 0.3) is 5.56 Å². The Kier molecular flexibility index (Phi) is 5.47. The fourth-order valence-electron chi connectivity index (χ4n) is 3.13. The van der Waals surface area contributed by atoms with Crippen LogP contribution in [0.25, 0.3) is 21.3 Å². The number of amides is 1. The van der Waals surface area contributed by atoms with Crippen LogP contribution in [0.2, 0.25) is 5.02 Å². The molecule has 2 aromatic carbocycles. The largest absolute Gasteiger partial charge is 0.324 e. The number of aryl methyl sites for hydroxylation is 1. The molecule has 146 valence electrons. The molecule has 0 bridgehead atoms. The number of fused-ring (bicyclic) bond motifs is 1. The minimum atomic E-state index is -0.320. The second kappa shape index (κ2) is 8.19. The summed E-state index contributed by atoms with van der Waals surface area (Å²) in [6.45, 7) is 1.98. The molecule has 0 radical (unpaired) electrons. The van der Waals surface area contributed by atoms with Crippen molar-refractivity contribution in [1.29, 1.82) is 0 Å². The Labute approximate surface area is 176 Å². The molecule has 7 heteroatoms. The van der Waals surface area contributed by atoms with Gasteiger partial charge in [-0.25, -0.2) is 4.98 Å². The molecule has 29 heavy (non-hydrogen) atoms. The first-order valence-corrected chi connectivity index (χ1v) is 10.4. The molecule has 0 saturated heterocycles. The zero-order chi connectivity index (χ0) is 20.4. The van der Waals surface area contributed by atoms with E-state index in [0.717, 1.165) is 17.5 Å². The SMILES string of the molecule is CCc1ccc(-c2csc3ncn(CC(=O)Nc4cccc(Cl)c4)c(=O)c23)cc1. The number of benzene rings is 2. The molecule has 2 heterocycles. The van der Waals surface area contributed by atoms with E-state index in [4.69, 9.17) is 11.6 Å². The smallest absolute Gasteiger partial charge is 0.263 e. The van der Waals surface area contributed by atoms with Crippen LogP contribution in [0.15, 0.2) is 65.0 Å². The fourth-order valence-corrected chi connectivity index (χ4v) is 4.23. The summed E-state index contributed by atoms with van der Waals surface area (Å²) in [5.41, 5.74) is 3.40. The van der Waals surface area contributed by atoms with Crippen molar-refractivity contribution in [2.24, 2.45) is 0 Å². The van der Waals surface area contributed by atoms with Crippen LogP contribution in [0.4, 0.5) is 5.69 Å². The number of hydrogen-bond donors (Lipinski definition) is 1. The number of thiophene rings is 1. The van der Waals surface area contributed by atoms with Gasteiger partial charge in [0.05, 0.1) is 11.7 Å². The molecule has 0 fully saturated rings. The number of carbonyl (C=O) groups excluding carboxylic acids is 1. The van der Waals surface area contributed by atoms with E-state index in [1.165, 1.54) is 27.8 Å². The van der Waals surface area contributed by atoms with Gasteiger partial charge in [-0.1, -0.05) is 48.9 Å². The second-order valence-corrected chi connectivity index (χ2v) is 7.91. The number of anilines is 1. The number of hydrogen-bond acceptors (Lipinski definition) is 4. The lowest BCUT2D eigenvalue weighted by Gasteiger charge is -2.08. The van der Waals surface area contributed by atoms with E-state index in [0.29, 0.717) is 20.9 Å². The highest BCUT2D eigenvalue weighted by Crippen LogP contribution is 2.30. The molecule has 1 N–H and O–H groups in total. The first-order chi connectivity index (χ1) is 14.0. The van der Waals surface area contributed by atoms with Gasteiger partial charge in [-0.3, -0.25) is 14.2 Å². The molecular formula is C22H18ClN3O2S. The lowest BCUT2D eigenvalue weighted by atomic mass is 10.0. The summed E-state index contributed by atoms with van der Waals surface area (Å²) in [5, 5.41) is 5.76. The van der Waals surface area contributed by atoms with Gasteiger partial charge in [0, 0.05) is 21.7 Å². The van der Waals surface area contributed by atoms with Gasteiger partial charge in [0.1, 0.15) is 11.4 Å². The van der Waals surface area contributed by atoms with Crippen LogP contribution in [-0.4, -0.2) is 15.5 Å². The van der Waals surface area contributed by atoms with Crippen LogP contribution >= 0.6 is 22.9 Å². The topological polar surface area (TPSA) is 64.0 Å². The fraction of sp³-hybridized carbons (Fsp3) is 0.136. The summed E-state index contributed by atoms with van der Waals surface area (Å²) in [7, 11) is 0. The number of nitrogens with zero attached hydrogens (tertiary/aromatic N) is 2.